The zero-order valence-corrected chi connectivity index (χ0v) is 8.25. The molecule has 0 aliphatic heterocycles. The van der Waals surface area contributed by atoms with E-state index in [1.54, 1.807) is 0 Å². The fourth-order valence-electron chi connectivity index (χ4n) is 1.50. The first-order chi connectivity index (χ1) is 6.15. The van der Waals surface area contributed by atoms with Crippen LogP contribution in [-0.4, -0.2) is 17.8 Å². The monoisotopic (exact) mass is 179 g/mol. The van der Waals surface area contributed by atoms with Gasteiger partial charge in [-0.3, -0.25) is 0 Å². The molecule has 1 atom stereocenters. The van der Waals surface area contributed by atoms with Gasteiger partial charge in [0, 0.05) is 6.04 Å². The van der Waals surface area contributed by atoms with Crippen molar-refractivity contribution in [1.29, 1.82) is 0 Å². The van der Waals surface area contributed by atoms with Gasteiger partial charge in [-0.05, 0) is 37.0 Å². The van der Waals surface area contributed by atoms with E-state index < -0.39 is 0 Å². The summed E-state index contributed by atoms with van der Waals surface area (Å²) in [5.74, 6) is 0. The van der Waals surface area contributed by atoms with Gasteiger partial charge in [0.25, 0.3) is 0 Å². The van der Waals surface area contributed by atoms with E-state index in [4.69, 9.17) is 10.8 Å². The Hall–Kier alpha value is -0.860. The van der Waals surface area contributed by atoms with Crippen LogP contribution in [0.25, 0.3) is 0 Å². The van der Waals surface area contributed by atoms with Gasteiger partial charge < -0.3 is 10.8 Å². The molecule has 0 saturated heterocycles. The molecule has 2 heteroatoms. The van der Waals surface area contributed by atoms with Crippen LogP contribution < -0.4 is 5.73 Å². The molecule has 0 saturated carbocycles. The second-order valence-electron chi connectivity index (χ2n) is 3.52. The number of rotatable bonds is 3. The lowest BCUT2D eigenvalue weighted by molar-refractivity contribution is 0.265. The van der Waals surface area contributed by atoms with Crippen LogP contribution in [0, 0.1) is 13.8 Å². The van der Waals surface area contributed by atoms with Crippen LogP contribution >= 0.6 is 0 Å². The average Bonchev–Trinajstić information content (AvgIpc) is 2.11. The predicted molar refractivity (Wildman–Crippen MR) is 54.7 cm³/mol. The molecule has 0 spiro atoms. The highest BCUT2D eigenvalue weighted by Gasteiger charge is 2.06. The van der Waals surface area contributed by atoms with Crippen molar-refractivity contribution < 1.29 is 5.11 Å². The maximum atomic E-state index is 8.85. The van der Waals surface area contributed by atoms with Crippen LogP contribution in [0.1, 0.15) is 16.7 Å². The Morgan fingerprint density at radius 3 is 2.31 bits per heavy atom. The van der Waals surface area contributed by atoms with E-state index in [2.05, 4.69) is 26.0 Å². The first-order valence-corrected chi connectivity index (χ1v) is 4.56. The van der Waals surface area contributed by atoms with Crippen molar-refractivity contribution in [3.8, 4) is 0 Å². The van der Waals surface area contributed by atoms with Gasteiger partial charge in [-0.2, -0.15) is 0 Å². The summed E-state index contributed by atoms with van der Waals surface area (Å²) >= 11 is 0. The van der Waals surface area contributed by atoms with E-state index in [0.29, 0.717) is 0 Å². The Labute approximate surface area is 79.4 Å². The lowest BCUT2D eigenvalue weighted by Gasteiger charge is -2.13. The van der Waals surface area contributed by atoms with Crippen molar-refractivity contribution in [3.05, 3.63) is 34.9 Å². The van der Waals surface area contributed by atoms with E-state index in [9.17, 15) is 0 Å². The maximum absolute atomic E-state index is 8.85. The highest BCUT2D eigenvalue weighted by molar-refractivity contribution is 5.34. The van der Waals surface area contributed by atoms with Gasteiger partial charge in [0.05, 0.1) is 6.61 Å². The third kappa shape index (κ3) is 2.54. The highest BCUT2D eigenvalue weighted by atomic mass is 16.3. The van der Waals surface area contributed by atoms with Crippen LogP contribution in [0.4, 0.5) is 0 Å². The van der Waals surface area contributed by atoms with Crippen LogP contribution in [0.5, 0.6) is 0 Å². The smallest absolute Gasteiger partial charge is 0.0585 e. The molecule has 0 radical (unpaired) electrons. The summed E-state index contributed by atoms with van der Waals surface area (Å²) in [6.07, 6.45) is 0.759. The normalized spacial score (nSPS) is 12.9. The second kappa shape index (κ2) is 4.40. The van der Waals surface area contributed by atoms with Gasteiger partial charge >= 0.3 is 0 Å². The highest BCUT2D eigenvalue weighted by Crippen LogP contribution is 2.14. The Morgan fingerprint density at radius 2 is 1.85 bits per heavy atom. The fraction of sp³-hybridized carbons (Fsp3) is 0.455. The summed E-state index contributed by atoms with van der Waals surface area (Å²) in [5.41, 5.74) is 9.47. The van der Waals surface area contributed by atoms with Gasteiger partial charge in [-0.25, -0.2) is 0 Å². The molecule has 0 fully saturated rings. The molecule has 13 heavy (non-hydrogen) atoms. The lowest BCUT2D eigenvalue weighted by Crippen LogP contribution is -2.27. The average molecular weight is 179 g/mol. The van der Waals surface area contributed by atoms with Gasteiger partial charge in [-0.15, -0.1) is 0 Å². The zero-order valence-electron chi connectivity index (χ0n) is 8.25. The predicted octanol–water partition coefficient (Wildman–Crippen LogP) is 1.17. The third-order valence-corrected chi connectivity index (χ3v) is 2.35. The first kappa shape index (κ1) is 10.2. The molecule has 72 valence electrons. The van der Waals surface area contributed by atoms with Crippen LogP contribution in [-0.2, 0) is 6.42 Å². The Morgan fingerprint density at radius 1 is 1.31 bits per heavy atom. The summed E-state index contributed by atoms with van der Waals surface area (Å²) in [6, 6.07) is 6.05. The molecule has 0 bridgehead atoms. The molecular weight excluding hydrogens is 162 g/mol. The number of nitrogens with two attached hydrogens (primary N) is 1. The quantitative estimate of drug-likeness (QED) is 0.731. The van der Waals surface area contributed by atoms with E-state index in [0.717, 1.165) is 6.42 Å². The number of aliphatic hydroxyl groups excluding tert-OH is 1. The van der Waals surface area contributed by atoms with Gasteiger partial charge in [0.1, 0.15) is 0 Å². The molecule has 1 aromatic carbocycles. The largest absolute Gasteiger partial charge is 0.395 e. The van der Waals surface area contributed by atoms with Crippen molar-refractivity contribution in [2.45, 2.75) is 26.3 Å². The minimum absolute atomic E-state index is 0.0494. The third-order valence-electron chi connectivity index (χ3n) is 2.35. The number of aryl methyl sites for hydroxylation is 2. The summed E-state index contributed by atoms with van der Waals surface area (Å²) in [6.45, 7) is 4.20. The zero-order chi connectivity index (χ0) is 9.84. The summed E-state index contributed by atoms with van der Waals surface area (Å²) in [4.78, 5) is 0. The van der Waals surface area contributed by atoms with Crippen LogP contribution in [0.2, 0.25) is 0 Å². The van der Waals surface area contributed by atoms with Crippen molar-refractivity contribution in [2.75, 3.05) is 6.61 Å². The first-order valence-electron chi connectivity index (χ1n) is 4.56. The Kier molecular flexibility index (Phi) is 3.46. The minimum atomic E-state index is -0.139. The lowest BCUT2D eigenvalue weighted by atomic mass is 9.97. The summed E-state index contributed by atoms with van der Waals surface area (Å²) in [7, 11) is 0. The number of hydrogen-bond donors (Lipinski definition) is 2. The number of benzene rings is 1. The van der Waals surface area contributed by atoms with Crippen LogP contribution in [0.15, 0.2) is 18.2 Å². The van der Waals surface area contributed by atoms with Crippen molar-refractivity contribution >= 4 is 0 Å². The molecule has 0 unspecified atom stereocenters. The van der Waals surface area contributed by atoms with Gasteiger partial charge in [0.15, 0.2) is 0 Å². The molecule has 0 amide bonds. The van der Waals surface area contributed by atoms with Crippen LogP contribution in [0.3, 0.4) is 0 Å². The molecule has 3 N–H and O–H groups in total. The molecule has 2 nitrogen and oxygen atoms in total. The van der Waals surface area contributed by atoms with E-state index in [1.165, 1.54) is 16.7 Å². The molecule has 1 aromatic rings. The molecule has 0 aliphatic carbocycles. The Bertz CT molecular complexity index is 263. The second-order valence-corrected chi connectivity index (χ2v) is 3.52. The SMILES string of the molecule is Cc1cccc(C)c1C[C@H](N)CO. The van der Waals surface area contributed by atoms with Gasteiger partial charge in [-0.1, -0.05) is 18.2 Å². The fourth-order valence-corrected chi connectivity index (χ4v) is 1.50. The molecule has 0 aromatic heterocycles. The topological polar surface area (TPSA) is 46.2 Å². The standard InChI is InChI=1S/C11H17NO/c1-8-4-3-5-9(2)11(8)6-10(12)7-13/h3-5,10,13H,6-7,12H2,1-2H3/t10-/m0/s1. The molecule has 0 aliphatic rings. The van der Waals surface area contributed by atoms with Crippen molar-refractivity contribution in [1.82, 2.24) is 0 Å². The Balaban J connectivity index is 2.87. The maximum Gasteiger partial charge on any atom is 0.0585 e. The van der Waals surface area contributed by atoms with E-state index in [-0.39, 0.29) is 12.6 Å². The molecule has 0 heterocycles. The van der Waals surface area contributed by atoms with Gasteiger partial charge in [0.2, 0.25) is 0 Å². The summed E-state index contributed by atoms with van der Waals surface area (Å²) in [5, 5.41) is 8.85. The van der Waals surface area contributed by atoms with E-state index in [1.807, 2.05) is 6.07 Å². The van der Waals surface area contributed by atoms with Crippen molar-refractivity contribution in [2.24, 2.45) is 5.73 Å². The number of aliphatic hydroxyl groups is 1. The molecule has 1 rings (SSSR count). The van der Waals surface area contributed by atoms with Crippen molar-refractivity contribution in [3.63, 3.8) is 0 Å². The summed E-state index contributed by atoms with van der Waals surface area (Å²) < 4.78 is 0. The minimum Gasteiger partial charge on any atom is -0.395 e. The number of hydrogen-bond acceptors (Lipinski definition) is 2. The van der Waals surface area contributed by atoms with E-state index >= 15 is 0 Å². The molecular formula is C11H17NO.